The first kappa shape index (κ1) is 70.9. The molecule has 0 bridgehead atoms. The van der Waals surface area contributed by atoms with Crippen molar-refractivity contribution >= 4 is 55.9 Å². The molecular formula is C109H94N4. The van der Waals surface area contributed by atoms with E-state index in [4.69, 9.17) is 9.97 Å². The average molecular weight is 1460 g/mol. The Kier molecular flexibility index (Phi) is 16.5. The number of pyridine rings is 2. The van der Waals surface area contributed by atoms with E-state index in [0.717, 1.165) is 45.2 Å². The van der Waals surface area contributed by atoms with Crippen molar-refractivity contribution in [3.05, 3.63) is 381 Å². The molecule has 113 heavy (non-hydrogen) atoms. The zero-order valence-corrected chi connectivity index (χ0v) is 67.6. The number of aromatic nitrogens is 2. The van der Waals surface area contributed by atoms with Crippen molar-refractivity contribution in [1.82, 2.24) is 9.97 Å². The highest BCUT2D eigenvalue weighted by Crippen LogP contribution is 2.59. The van der Waals surface area contributed by atoms with E-state index in [-0.39, 0.29) is 21.7 Å². The van der Waals surface area contributed by atoms with Gasteiger partial charge in [0, 0.05) is 77.7 Å². The summed E-state index contributed by atoms with van der Waals surface area (Å²) in [6.45, 7) is 35.0. The van der Waals surface area contributed by atoms with Gasteiger partial charge in [-0.1, -0.05) is 231 Å². The number of anilines is 6. The van der Waals surface area contributed by atoms with Gasteiger partial charge in [-0.3, -0.25) is 0 Å². The molecule has 16 aromatic rings. The van der Waals surface area contributed by atoms with Gasteiger partial charge >= 0.3 is 0 Å². The quantitative estimate of drug-likeness (QED) is 0.137. The summed E-state index contributed by atoms with van der Waals surface area (Å²) in [5.74, 6) is 0. The van der Waals surface area contributed by atoms with Crippen LogP contribution in [-0.2, 0) is 21.7 Å². The van der Waals surface area contributed by atoms with Gasteiger partial charge in [-0.15, -0.1) is 0 Å². The van der Waals surface area contributed by atoms with Crippen LogP contribution >= 0.6 is 0 Å². The number of benzene rings is 14. The van der Waals surface area contributed by atoms with Gasteiger partial charge in [-0.2, -0.15) is 0 Å². The minimum absolute atomic E-state index is 0.109. The molecule has 0 N–H and O–H groups in total. The minimum atomic E-state index is -0.140. The summed E-state index contributed by atoms with van der Waals surface area (Å²) in [6, 6.07) is 110. The van der Waals surface area contributed by atoms with Crippen LogP contribution in [0.4, 0.5) is 34.1 Å². The van der Waals surface area contributed by atoms with Crippen LogP contribution in [0.3, 0.4) is 0 Å². The molecule has 20 rings (SSSR count). The molecule has 2 heterocycles. The Morgan fingerprint density at radius 3 is 0.867 bits per heavy atom. The van der Waals surface area contributed by atoms with Crippen molar-refractivity contribution in [2.24, 2.45) is 0 Å². The summed E-state index contributed by atoms with van der Waals surface area (Å²) >= 11 is 0. The van der Waals surface area contributed by atoms with E-state index >= 15 is 0 Å². The standard InChI is InChI=1S/C55H48N2.C54H46N2/c1-33-25-47-43(45-31-42(35(3)27-49(45)54(47,5)6)52-24-23-37-17-15-16-22-51(37)56-52)29-40(33)41-30-44-46-32-53(36(4)28-50(46)55(7,8)48(44)26-34(41)2)57(38-18-11-9-12-19-38)39-20-13-10-14-21-39;1-33-26-43-44-30-42(51-25-23-36-16-14-15-21-50(36)55-51)34(2)27-46(44)54(6,7)49(43)31-41(33)37-22-24-40-45-32-52(35(3)28-47(45)53(4,5)48(40)29-37)56(38-17-10-8-11-18-38)39-19-12-9-13-20-39/h9-32H,1-8H3;8-32H,1-7H3. The Morgan fingerprint density at radius 2 is 0.487 bits per heavy atom. The third-order valence-electron chi connectivity index (χ3n) is 26.0. The second-order valence-corrected chi connectivity index (χ2v) is 34.5. The van der Waals surface area contributed by atoms with Crippen molar-refractivity contribution < 1.29 is 0 Å². The van der Waals surface area contributed by atoms with Gasteiger partial charge in [0.2, 0.25) is 0 Å². The van der Waals surface area contributed by atoms with Crippen LogP contribution in [-0.4, -0.2) is 9.97 Å². The van der Waals surface area contributed by atoms with Crippen LogP contribution < -0.4 is 9.80 Å². The maximum Gasteiger partial charge on any atom is 0.0712 e. The molecule has 0 saturated carbocycles. The summed E-state index contributed by atoms with van der Waals surface area (Å²) in [4.78, 5) is 15.0. The summed E-state index contributed by atoms with van der Waals surface area (Å²) in [5, 5.41) is 2.33. The lowest BCUT2D eigenvalue weighted by molar-refractivity contribution is 0.659. The number of hydrogen-bond donors (Lipinski definition) is 0. The molecule has 0 atom stereocenters. The second-order valence-electron chi connectivity index (χ2n) is 34.5. The Morgan fingerprint density at radius 1 is 0.204 bits per heavy atom. The van der Waals surface area contributed by atoms with Crippen molar-refractivity contribution in [3.63, 3.8) is 0 Å². The summed E-state index contributed by atoms with van der Waals surface area (Å²) in [7, 11) is 0. The predicted octanol–water partition coefficient (Wildman–Crippen LogP) is 29.5. The van der Waals surface area contributed by atoms with Crippen LogP contribution in [0.15, 0.2) is 297 Å². The van der Waals surface area contributed by atoms with Crippen LogP contribution in [0, 0.1) is 48.5 Å². The number of para-hydroxylation sites is 6. The third kappa shape index (κ3) is 11.4. The fourth-order valence-corrected chi connectivity index (χ4v) is 19.7. The van der Waals surface area contributed by atoms with E-state index in [1.54, 1.807) is 0 Å². The fraction of sp³-hybridized carbons (Fsp3) is 0.174. The normalized spacial score (nSPS) is 14.3. The molecule has 14 aromatic carbocycles. The van der Waals surface area contributed by atoms with E-state index in [2.05, 4.69) is 411 Å². The molecule has 4 nitrogen and oxygen atoms in total. The minimum Gasteiger partial charge on any atom is -0.310 e. The van der Waals surface area contributed by atoms with Crippen molar-refractivity contribution in [3.8, 4) is 89.3 Å². The van der Waals surface area contributed by atoms with Gasteiger partial charge in [-0.05, 0) is 320 Å². The van der Waals surface area contributed by atoms with Gasteiger partial charge in [0.1, 0.15) is 0 Å². The van der Waals surface area contributed by atoms with Gasteiger partial charge in [0.05, 0.1) is 22.4 Å². The highest BCUT2D eigenvalue weighted by molar-refractivity contribution is 5.97. The highest BCUT2D eigenvalue weighted by Gasteiger charge is 2.42. The average Bonchev–Trinajstić information content (AvgIpc) is 1.57. The first-order valence-corrected chi connectivity index (χ1v) is 40.2. The SMILES string of the molecule is Cc1cc2c(cc1-c1ccc3c(c1)C(C)(C)c1cc(C)c(N(c4ccccc4)c4ccccc4)cc1-3)C(C)(C)c1cc(C)c(-c3ccc4ccccc4n3)cc1-2.Cc1cc2c(cc1-c1ccc3ccccc3n1)-c1cc(-c3cc4c(cc3C)C(C)(C)c3cc(C)c(N(c5ccccc5)c5ccccc5)cc3-4)c(C)cc1C2(C)C. The number of nitrogens with zero attached hydrogens (tertiary/aromatic N) is 4. The van der Waals surface area contributed by atoms with E-state index in [1.165, 1.54) is 183 Å². The molecule has 0 fully saturated rings. The van der Waals surface area contributed by atoms with Gasteiger partial charge < -0.3 is 9.80 Å². The van der Waals surface area contributed by atoms with Crippen LogP contribution in [0.2, 0.25) is 0 Å². The Hall–Kier alpha value is -12.5. The molecule has 4 aliphatic rings. The summed E-state index contributed by atoms with van der Waals surface area (Å²) in [6.07, 6.45) is 0. The lowest BCUT2D eigenvalue weighted by Gasteiger charge is -2.29. The van der Waals surface area contributed by atoms with Crippen molar-refractivity contribution in [2.75, 3.05) is 9.80 Å². The first-order chi connectivity index (χ1) is 54.4. The molecule has 0 radical (unpaired) electrons. The molecule has 550 valence electrons. The molecule has 4 aliphatic carbocycles. The molecule has 0 unspecified atom stereocenters. The fourth-order valence-electron chi connectivity index (χ4n) is 19.7. The topological polar surface area (TPSA) is 32.3 Å². The van der Waals surface area contributed by atoms with Crippen molar-refractivity contribution in [2.45, 2.75) is 126 Å². The zero-order valence-electron chi connectivity index (χ0n) is 67.6. The lowest BCUT2D eigenvalue weighted by Crippen LogP contribution is -2.16. The molecule has 0 amide bonds. The smallest absolute Gasteiger partial charge is 0.0712 e. The largest absolute Gasteiger partial charge is 0.310 e. The van der Waals surface area contributed by atoms with Crippen LogP contribution in [0.1, 0.15) is 139 Å². The Balaban J connectivity index is 0.000000152. The maximum atomic E-state index is 5.13. The van der Waals surface area contributed by atoms with Crippen LogP contribution in [0.5, 0.6) is 0 Å². The van der Waals surface area contributed by atoms with Crippen LogP contribution in [0.25, 0.3) is 111 Å². The molecule has 0 saturated heterocycles. The summed E-state index contributed by atoms with van der Waals surface area (Å²) < 4.78 is 0. The molecule has 0 spiro atoms. The second kappa shape index (κ2) is 26.3. The Bertz CT molecular complexity index is 6530. The van der Waals surface area contributed by atoms with E-state index in [1.807, 2.05) is 0 Å². The monoisotopic (exact) mass is 1460 g/mol. The summed E-state index contributed by atoms with van der Waals surface area (Å²) in [5.41, 5.74) is 49.0. The van der Waals surface area contributed by atoms with Gasteiger partial charge in [0.25, 0.3) is 0 Å². The number of fused-ring (bicyclic) bond motifs is 14. The molecule has 2 aromatic heterocycles. The zero-order chi connectivity index (χ0) is 77.9. The van der Waals surface area contributed by atoms with Gasteiger partial charge in [-0.25, -0.2) is 9.97 Å². The lowest BCUT2D eigenvalue weighted by atomic mass is 9.79. The van der Waals surface area contributed by atoms with Crippen molar-refractivity contribution in [1.29, 1.82) is 0 Å². The Labute approximate surface area is 666 Å². The van der Waals surface area contributed by atoms with E-state index in [0.29, 0.717) is 0 Å². The molecule has 4 heteroatoms. The van der Waals surface area contributed by atoms with Gasteiger partial charge in [0.15, 0.2) is 0 Å². The maximum absolute atomic E-state index is 5.13. The molecule has 0 aliphatic heterocycles. The number of rotatable bonds is 10. The molecular weight excluding hydrogens is 1370 g/mol. The highest BCUT2D eigenvalue weighted by atomic mass is 15.1. The predicted molar refractivity (Wildman–Crippen MR) is 478 cm³/mol. The third-order valence-corrected chi connectivity index (χ3v) is 26.0. The van der Waals surface area contributed by atoms with E-state index in [9.17, 15) is 0 Å². The van der Waals surface area contributed by atoms with E-state index < -0.39 is 0 Å². The number of hydrogen-bond acceptors (Lipinski definition) is 4. The first-order valence-electron chi connectivity index (χ1n) is 40.2. The number of aryl methyl sites for hydroxylation is 7.